The van der Waals surface area contributed by atoms with Gasteiger partial charge in [-0.3, -0.25) is 0 Å². The van der Waals surface area contributed by atoms with E-state index in [-0.39, 0.29) is 0 Å². The molecule has 4 heteroatoms. The molecule has 0 saturated heterocycles. The summed E-state index contributed by atoms with van der Waals surface area (Å²) in [5.74, 6) is 0. The Morgan fingerprint density at radius 3 is 2.75 bits per heavy atom. The van der Waals surface area contributed by atoms with E-state index in [1.807, 2.05) is 24.7 Å². The zero-order valence-electron chi connectivity index (χ0n) is 7.39. The highest BCUT2D eigenvalue weighted by atomic mass is 35.5. The van der Waals surface area contributed by atoms with Crippen molar-refractivity contribution in [2.24, 2.45) is 12.8 Å². The minimum absolute atomic E-state index is 0.496. The van der Waals surface area contributed by atoms with Gasteiger partial charge in [-0.2, -0.15) is 0 Å². The van der Waals surface area contributed by atoms with Crippen molar-refractivity contribution >= 4 is 11.6 Å². The van der Waals surface area contributed by atoms with Gasteiger partial charge in [0.15, 0.2) is 0 Å². The van der Waals surface area contributed by atoms with Gasteiger partial charge in [0.1, 0.15) is 5.15 Å². The molecule has 0 aliphatic carbocycles. The molecule has 0 bridgehead atoms. The zero-order valence-corrected chi connectivity index (χ0v) is 8.15. The van der Waals surface area contributed by atoms with Crippen molar-refractivity contribution in [2.75, 3.05) is 7.05 Å². The fraction of sp³-hybridized carbons (Fsp3) is 0.500. The van der Waals surface area contributed by atoms with E-state index in [0.717, 1.165) is 23.0 Å². The van der Waals surface area contributed by atoms with Gasteiger partial charge in [-0.25, -0.2) is 0 Å². The van der Waals surface area contributed by atoms with E-state index < -0.39 is 0 Å². The second-order valence-corrected chi connectivity index (χ2v) is 3.10. The van der Waals surface area contributed by atoms with Crippen LogP contribution < -0.4 is 11.1 Å². The first kappa shape index (κ1) is 9.58. The molecule has 0 unspecified atom stereocenters. The van der Waals surface area contributed by atoms with E-state index in [1.165, 1.54) is 0 Å². The Morgan fingerprint density at radius 1 is 1.67 bits per heavy atom. The summed E-state index contributed by atoms with van der Waals surface area (Å²) in [6.07, 6.45) is 0. The molecule has 12 heavy (non-hydrogen) atoms. The highest BCUT2D eigenvalue weighted by Gasteiger charge is 2.07. The molecule has 0 aromatic carbocycles. The van der Waals surface area contributed by atoms with Gasteiger partial charge in [-0.1, -0.05) is 11.6 Å². The fourth-order valence-electron chi connectivity index (χ4n) is 1.19. The molecule has 0 fully saturated rings. The first-order valence-electron chi connectivity index (χ1n) is 3.88. The highest BCUT2D eigenvalue weighted by molar-refractivity contribution is 6.30. The van der Waals surface area contributed by atoms with Crippen LogP contribution in [0.15, 0.2) is 6.07 Å². The maximum absolute atomic E-state index is 6.00. The van der Waals surface area contributed by atoms with Crippen molar-refractivity contribution in [3.05, 3.63) is 22.5 Å². The van der Waals surface area contributed by atoms with Gasteiger partial charge < -0.3 is 15.6 Å². The van der Waals surface area contributed by atoms with E-state index in [9.17, 15) is 0 Å². The third kappa shape index (κ3) is 1.63. The molecule has 0 atom stereocenters. The van der Waals surface area contributed by atoms with Crippen LogP contribution in [0, 0.1) is 0 Å². The molecule has 0 spiro atoms. The maximum atomic E-state index is 6.00. The summed E-state index contributed by atoms with van der Waals surface area (Å²) in [6, 6.07) is 2.03. The van der Waals surface area contributed by atoms with Crippen molar-refractivity contribution in [3.8, 4) is 0 Å². The number of nitrogens with one attached hydrogen (secondary N) is 1. The van der Waals surface area contributed by atoms with Crippen molar-refractivity contribution in [2.45, 2.75) is 13.1 Å². The topological polar surface area (TPSA) is 43.0 Å². The van der Waals surface area contributed by atoms with Crippen LogP contribution in [0.2, 0.25) is 5.15 Å². The molecule has 1 aromatic rings. The van der Waals surface area contributed by atoms with Gasteiger partial charge in [-0.05, 0) is 13.1 Å². The average molecular weight is 188 g/mol. The molecule has 0 aliphatic heterocycles. The Kier molecular flexibility index (Phi) is 3.14. The molecule has 0 saturated carbocycles. The SMILES string of the molecule is CNCc1cc(CN)c(Cl)n1C. The second-order valence-electron chi connectivity index (χ2n) is 2.75. The standard InChI is InChI=1S/C8H14ClN3/c1-11-5-7-3-6(4-10)8(9)12(7)2/h3,11H,4-5,10H2,1-2H3. The first-order chi connectivity index (χ1) is 5.70. The van der Waals surface area contributed by atoms with Gasteiger partial charge in [-0.15, -0.1) is 0 Å². The van der Waals surface area contributed by atoms with Crippen LogP contribution >= 0.6 is 11.6 Å². The van der Waals surface area contributed by atoms with E-state index in [4.69, 9.17) is 17.3 Å². The van der Waals surface area contributed by atoms with Crippen LogP contribution in [0.25, 0.3) is 0 Å². The molecule has 1 aromatic heterocycles. The lowest BCUT2D eigenvalue weighted by atomic mass is 10.3. The number of hydrogen-bond acceptors (Lipinski definition) is 2. The smallest absolute Gasteiger partial charge is 0.113 e. The van der Waals surface area contributed by atoms with Crippen LogP contribution in [0.5, 0.6) is 0 Å². The normalized spacial score (nSPS) is 10.7. The lowest BCUT2D eigenvalue weighted by Gasteiger charge is -2.01. The Balaban J connectivity index is 2.98. The summed E-state index contributed by atoms with van der Waals surface area (Å²) in [6.45, 7) is 1.31. The molecular formula is C8H14ClN3. The van der Waals surface area contributed by atoms with Gasteiger partial charge in [0.25, 0.3) is 0 Å². The number of hydrogen-bond donors (Lipinski definition) is 2. The predicted molar refractivity (Wildman–Crippen MR) is 51.1 cm³/mol. The molecule has 0 aliphatic rings. The van der Waals surface area contributed by atoms with Gasteiger partial charge in [0, 0.05) is 31.4 Å². The summed E-state index contributed by atoms with van der Waals surface area (Å²) in [4.78, 5) is 0. The minimum atomic E-state index is 0.496. The predicted octanol–water partition coefficient (Wildman–Crippen LogP) is 0.857. The highest BCUT2D eigenvalue weighted by Crippen LogP contribution is 2.19. The minimum Gasteiger partial charge on any atom is -0.337 e. The summed E-state index contributed by atoms with van der Waals surface area (Å²) in [5.41, 5.74) is 7.67. The summed E-state index contributed by atoms with van der Waals surface area (Å²) in [7, 11) is 3.84. The molecule has 1 heterocycles. The molecule has 0 radical (unpaired) electrons. The quantitative estimate of drug-likeness (QED) is 0.737. The van der Waals surface area contributed by atoms with Gasteiger partial charge >= 0.3 is 0 Å². The van der Waals surface area contributed by atoms with Crippen LogP contribution in [-0.2, 0) is 20.1 Å². The zero-order chi connectivity index (χ0) is 9.14. The fourth-order valence-corrected chi connectivity index (χ4v) is 1.43. The van der Waals surface area contributed by atoms with E-state index in [2.05, 4.69) is 5.32 Å². The number of nitrogens with two attached hydrogens (primary N) is 1. The Hall–Kier alpha value is -0.510. The third-order valence-electron chi connectivity index (χ3n) is 1.91. The summed E-state index contributed by atoms with van der Waals surface area (Å²) in [5, 5.41) is 3.81. The van der Waals surface area contributed by atoms with Crippen LogP contribution in [0.3, 0.4) is 0 Å². The summed E-state index contributed by atoms with van der Waals surface area (Å²) >= 11 is 6.00. The number of rotatable bonds is 3. The second kappa shape index (κ2) is 3.94. The third-order valence-corrected chi connectivity index (χ3v) is 2.41. The monoisotopic (exact) mass is 187 g/mol. The summed E-state index contributed by atoms with van der Waals surface area (Å²) < 4.78 is 1.94. The van der Waals surface area contributed by atoms with Crippen molar-refractivity contribution < 1.29 is 0 Å². The molecule has 3 N–H and O–H groups in total. The number of nitrogens with zero attached hydrogens (tertiary/aromatic N) is 1. The average Bonchev–Trinajstić information content (AvgIpc) is 2.33. The van der Waals surface area contributed by atoms with E-state index in [0.29, 0.717) is 6.54 Å². The Bertz CT molecular complexity index is 268. The van der Waals surface area contributed by atoms with Crippen molar-refractivity contribution in [1.29, 1.82) is 0 Å². The van der Waals surface area contributed by atoms with E-state index in [1.54, 1.807) is 0 Å². The Labute approximate surface area is 77.5 Å². The number of aromatic nitrogens is 1. The largest absolute Gasteiger partial charge is 0.337 e. The lowest BCUT2D eigenvalue weighted by molar-refractivity contribution is 0.735. The Morgan fingerprint density at radius 2 is 2.33 bits per heavy atom. The van der Waals surface area contributed by atoms with E-state index >= 15 is 0 Å². The molecule has 0 amide bonds. The van der Waals surface area contributed by atoms with Gasteiger partial charge in [0.2, 0.25) is 0 Å². The van der Waals surface area contributed by atoms with Crippen molar-refractivity contribution in [1.82, 2.24) is 9.88 Å². The van der Waals surface area contributed by atoms with Crippen molar-refractivity contribution in [3.63, 3.8) is 0 Å². The molecule has 3 nitrogen and oxygen atoms in total. The van der Waals surface area contributed by atoms with Crippen LogP contribution in [0.4, 0.5) is 0 Å². The number of halogens is 1. The van der Waals surface area contributed by atoms with Crippen LogP contribution in [0.1, 0.15) is 11.3 Å². The molecular weight excluding hydrogens is 174 g/mol. The van der Waals surface area contributed by atoms with Crippen LogP contribution in [-0.4, -0.2) is 11.6 Å². The lowest BCUT2D eigenvalue weighted by Crippen LogP contribution is -2.08. The maximum Gasteiger partial charge on any atom is 0.113 e. The van der Waals surface area contributed by atoms with Gasteiger partial charge in [0.05, 0.1) is 0 Å². The molecule has 68 valence electrons. The molecule has 1 rings (SSSR count). The first-order valence-corrected chi connectivity index (χ1v) is 4.26.